The van der Waals surface area contributed by atoms with E-state index in [0.717, 1.165) is 6.42 Å². The highest BCUT2D eigenvalue weighted by Crippen LogP contribution is 2.45. The molecule has 6 aromatic rings. The fraction of sp³-hybridized carbons (Fsp3) is 0.0256. The second-order valence-electron chi connectivity index (χ2n) is 10.1. The molecule has 0 saturated heterocycles. The van der Waals surface area contributed by atoms with Crippen molar-refractivity contribution in [2.75, 3.05) is 0 Å². The molecule has 0 bridgehead atoms. The second kappa shape index (κ2) is 10.1. The predicted molar refractivity (Wildman–Crippen MR) is 164 cm³/mol. The monoisotopic (exact) mass is 496 g/mol. The van der Waals surface area contributed by atoms with E-state index in [1.165, 1.54) is 66.8 Å². The van der Waals surface area contributed by atoms with Gasteiger partial charge in [0, 0.05) is 0 Å². The van der Waals surface area contributed by atoms with Crippen molar-refractivity contribution in [3.63, 3.8) is 0 Å². The van der Waals surface area contributed by atoms with E-state index >= 15 is 0 Å². The molecule has 1 aliphatic carbocycles. The summed E-state index contributed by atoms with van der Waals surface area (Å²) in [5, 5.41) is 0. The van der Waals surface area contributed by atoms with Crippen molar-refractivity contribution in [2.45, 2.75) is 6.42 Å². The Kier molecular flexibility index (Phi) is 6.00. The Morgan fingerprint density at radius 3 is 1.38 bits per heavy atom. The van der Waals surface area contributed by atoms with E-state index in [1.54, 1.807) is 0 Å². The number of benzene rings is 6. The van der Waals surface area contributed by atoms with Gasteiger partial charge in [0.25, 0.3) is 0 Å². The molecule has 0 atom stereocenters. The lowest BCUT2D eigenvalue weighted by Gasteiger charge is -2.21. The molecule has 0 fully saturated rings. The van der Waals surface area contributed by atoms with Gasteiger partial charge in [0.15, 0.2) is 0 Å². The van der Waals surface area contributed by atoms with Gasteiger partial charge in [-0.25, -0.2) is 0 Å². The fourth-order valence-corrected chi connectivity index (χ4v) is 6.05. The van der Waals surface area contributed by atoms with E-state index in [0.29, 0.717) is 0 Å². The molecular formula is C39H28. The lowest BCUT2D eigenvalue weighted by atomic mass is 9.82. The third kappa shape index (κ3) is 4.21. The van der Waals surface area contributed by atoms with Gasteiger partial charge in [-0.1, -0.05) is 158 Å². The first-order valence-electron chi connectivity index (χ1n) is 13.6. The van der Waals surface area contributed by atoms with Crippen LogP contribution in [0.25, 0.3) is 33.4 Å². The smallest absolute Gasteiger partial charge is 0.000728 e. The van der Waals surface area contributed by atoms with E-state index < -0.39 is 0 Å². The van der Waals surface area contributed by atoms with Gasteiger partial charge in [0.1, 0.15) is 0 Å². The van der Waals surface area contributed by atoms with Crippen molar-refractivity contribution in [2.24, 2.45) is 0 Å². The van der Waals surface area contributed by atoms with E-state index in [4.69, 9.17) is 0 Å². The molecule has 7 rings (SSSR count). The Morgan fingerprint density at radius 1 is 0.333 bits per heavy atom. The molecule has 0 heteroatoms. The van der Waals surface area contributed by atoms with Crippen molar-refractivity contribution >= 4 is 11.1 Å². The van der Waals surface area contributed by atoms with Crippen LogP contribution in [0.4, 0.5) is 0 Å². The normalized spacial score (nSPS) is 11.5. The van der Waals surface area contributed by atoms with Crippen LogP contribution in [0.5, 0.6) is 0 Å². The summed E-state index contributed by atoms with van der Waals surface area (Å²) in [6.45, 7) is 0. The van der Waals surface area contributed by atoms with Crippen molar-refractivity contribution in [3.05, 3.63) is 191 Å². The molecule has 0 unspecified atom stereocenters. The van der Waals surface area contributed by atoms with Gasteiger partial charge in [-0.15, -0.1) is 0 Å². The van der Waals surface area contributed by atoms with Crippen LogP contribution in [0.3, 0.4) is 0 Å². The lowest BCUT2D eigenvalue weighted by Crippen LogP contribution is -2.00. The van der Waals surface area contributed by atoms with Crippen molar-refractivity contribution in [1.29, 1.82) is 0 Å². The molecule has 0 nitrogen and oxygen atoms in total. The van der Waals surface area contributed by atoms with Crippen molar-refractivity contribution in [3.8, 4) is 22.3 Å². The topological polar surface area (TPSA) is 0 Å². The minimum Gasteiger partial charge on any atom is -0.0622 e. The van der Waals surface area contributed by atoms with Crippen LogP contribution in [0, 0.1) is 0 Å². The third-order valence-electron chi connectivity index (χ3n) is 7.77. The van der Waals surface area contributed by atoms with Gasteiger partial charge in [0.2, 0.25) is 0 Å². The van der Waals surface area contributed by atoms with Gasteiger partial charge in [0.05, 0.1) is 0 Å². The first-order chi connectivity index (χ1) is 19.4. The minimum absolute atomic E-state index is 0.963. The fourth-order valence-electron chi connectivity index (χ4n) is 6.05. The minimum atomic E-state index is 0.963. The second-order valence-corrected chi connectivity index (χ2v) is 10.1. The van der Waals surface area contributed by atoms with Crippen LogP contribution in [0.2, 0.25) is 0 Å². The van der Waals surface area contributed by atoms with Crippen LogP contribution in [-0.4, -0.2) is 0 Å². The molecule has 0 heterocycles. The summed E-state index contributed by atoms with van der Waals surface area (Å²) in [6.07, 6.45) is 0.963. The molecule has 0 N–H and O–H groups in total. The summed E-state index contributed by atoms with van der Waals surface area (Å²) in [4.78, 5) is 0. The quantitative estimate of drug-likeness (QED) is 0.208. The zero-order valence-corrected chi connectivity index (χ0v) is 21.7. The number of rotatable bonds is 5. The van der Waals surface area contributed by atoms with Gasteiger partial charge < -0.3 is 0 Å². The van der Waals surface area contributed by atoms with Crippen LogP contribution >= 0.6 is 0 Å². The summed E-state index contributed by atoms with van der Waals surface area (Å²) in [5.41, 5.74) is 15.5. The highest BCUT2D eigenvalue weighted by molar-refractivity contribution is 6.07. The average molecular weight is 497 g/mol. The first kappa shape index (κ1) is 23.2. The predicted octanol–water partition coefficient (Wildman–Crippen LogP) is 9.93. The Hall–Kier alpha value is -4.94. The highest BCUT2D eigenvalue weighted by atomic mass is 14.3. The largest absolute Gasteiger partial charge is 0.0622 e. The number of hydrogen-bond acceptors (Lipinski definition) is 0. The Morgan fingerprint density at radius 2 is 0.769 bits per heavy atom. The van der Waals surface area contributed by atoms with E-state index in [9.17, 15) is 0 Å². The molecule has 0 radical (unpaired) electrons. The maximum atomic E-state index is 2.30. The van der Waals surface area contributed by atoms with Gasteiger partial charge in [-0.3, -0.25) is 0 Å². The van der Waals surface area contributed by atoms with E-state index in [-0.39, 0.29) is 0 Å². The summed E-state index contributed by atoms with van der Waals surface area (Å²) in [6, 6.07) is 57.0. The average Bonchev–Trinajstić information content (AvgIpc) is 3.40. The molecule has 184 valence electrons. The molecule has 0 aromatic heterocycles. The molecule has 0 amide bonds. The van der Waals surface area contributed by atoms with Crippen molar-refractivity contribution in [1.82, 2.24) is 0 Å². The molecule has 39 heavy (non-hydrogen) atoms. The zero-order valence-electron chi connectivity index (χ0n) is 21.7. The lowest BCUT2D eigenvalue weighted by molar-refractivity contribution is 1.26. The third-order valence-corrected chi connectivity index (χ3v) is 7.77. The maximum Gasteiger partial charge on any atom is -0.000728 e. The Balaban J connectivity index is 1.55. The Labute approximate surface area is 230 Å². The van der Waals surface area contributed by atoms with Crippen LogP contribution < -0.4 is 0 Å². The molecule has 0 spiro atoms. The Bertz CT molecular complexity index is 1750. The molecule has 1 aliphatic rings. The molecule has 0 aliphatic heterocycles. The maximum absolute atomic E-state index is 2.30. The van der Waals surface area contributed by atoms with Crippen LogP contribution in [0.1, 0.15) is 33.4 Å². The van der Waals surface area contributed by atoms with Gasteiger partial charge >= 0.3 is 0 Å². The first-order valence-corrected chi connectivity index (χ1v) is 13.6. The SMILES string of the molecule is c1ccc(C(=C(c2ccccc2)c2ccccc2-c2cccc3c2Cc2ccccc2-3)c2ccccc2)cc1. The van der Waals surface area contributed by atoms with Gasteiger partial charge in [-0.2, -0.15) is 0 Å². The van der Waals surface area contributed by atoms with E-state index in [2.05, 4.69) is 158 Å². The molecule has 0 saturated carbocycles. The highest BCUT2D eigenvalue weighted by Gasteiger charge is 2.24. The summed E-state index contributed by atoms with van der Waals surface area (Å²) >= 11 is 0. The standard InChI is InChI=1S/C39H28/c1-4-15-28(16-5-1)38(29-17-6-2-7-18-29)39(30-19-8-3-9-20-30)36-24-13-12-23-34(36)35-26-14-25-33-32-22-11-10-21-31(32)27-37(33)35/h1-26H,27H2. The molecule has 6 aromatic carbocycles. The number of fused-ring (bicyclic) bond motifs is 3. The van der Waals surface area contributed by atoms with Crippen molar-refractivity contribution < 1.29 is 0 Å². The molecular weight excluding hydrogens is 468 g/mol. The summed E-state index contributed by atoms with van der Waals surface area (Å²) < 4.78 is 0. The van der Waals surface area contributed by atoms with Crippen LogP contribution in [-0.2, 0) is 6.42 Å². The van der Waals surface area contributed by atoms with Crippen LogP contribution in [0.15, 0.2) is 158 Å². The van der Waals surface area contributed by atoms with E-state index in [1.807, 2.05) is 0 Å². The number of hydrogen-bond donors (Lipinski definition) is 0. The summed E-state index contributed by atoms with van der Waals surface area (Å²) in [5.74, 6) is 0. The van der Waals surface area contributed by atoms with Gasteiger partial charge in [-0.05, 0) is 73.2 Å². The zero-order chi connectivity index (χ0) is 26.0. The summed E-state index contributed by atoms with van der Waals surface area (Å²) in [7, 11) is 0.